The Morgan fingerprint density at radius 2 is 2.00 bits per heavy atom. The van der Waals surface area contributed by atoms with Crippen molar-refractivity contribution in [1.82, 2.24) is 4.57 Å². The Hall–Kier alpha value is -1.95. The molecule has 0 aliphatic rings. The first kappa shape index (κ1) is 21.1. The number of nitrogens with two attached hydrogens (primary N) is 1. The van der Waals surface area contributed by atoms with Crippen molar-refractivity contribution in [2.75, 3.05) is 5.32 Å². The van der Waals surface area contributed by atoms with Crippen LogP contribution in [0.4, 0.5) is 5.69 Å². The first-order valence-corrected chi connectivity index (χ1v) is 7.74. The third-order valence-electron chi connectivity index (χ3n) is 3.71. The van der Waals surface area contributed by atoms with Crippen molar-refractivity contribution in [3.8, 4) is 0 Å². The maximum absolute atomic E-state index is 12.2. The fraction of sp³-hybridized carbons (Fsp3) is 0.278. The second kappa shape index (κ2) is 8.94. The summed E-state index contributed by atoms with van der Waals surface area (Å²) in [7, 11) is 0. The number of fused-ring (bicyclic) bond motifs is 1. The second-order valence-electron chi connectivity index (χ2n) is 6.10. The Kier molecular flexibility index (Phi) is 7.55. The number of nitrogens with zero attached hydrogens (tertiary/aromatic N) is 1. The van der Waals surface area contributed by atoms with E-state index in [2.05, 4.69) is 36.0 Å². The zero-order valence-electron chi connectivity index (χ0n) is 14.2. The van der Waals surface area contributed by atoms with E-state index in [9.17, 15) is 4.79 Å². The molecule has 3 N–H and O–H groups in total. The number of carbonyl (C=O) groups is 1. The van der Waals surface area contributed by atoms with Gasteiger partial charge in [0.1, 0.15) is 12.0 Å². The molecule has 0 radical (unpaired) electrons. The molecule has 7 heteroatoms. The number of hydrogen-bond acceptors (Lipinski definition) is 3. The number of hydrogen-bond donors (Lipinski definition) is 2. The van der Waals surface area contributed by atoms with Crippen molar-refractivity contribution >= 4 is 47.3 Å². The SMILES string of the molecule is CC(C)Cn1ccc2cc(NC(=O)c3coc(CN)c3)ccc21.Cl.Cl. The molecule has 0 fully saturated rings. The summed E-state index contributed by atoms with van der Waals surface area (Å²) in [6.45, 7) is 5.65. The molecular weight excluding hydrogens is 361 g/mol. The Morgan fingerprint density at radius 1 is 1.24 bits per heavy atom. The molecule has 0 aliphatic carbocycles. The minimum absolute atomic E-state index is 0. The summed E-state index contributed by atoms with van der Waals surface area (Å²) < 4.78 is 7.43. The Balaban J connectivity index is 0.00000156. The zero-order chi connectivity index (χ0) is 16.4. The molecule has 1 amide bonds. The van der Waals surface area contributed by atoms with Crippen LogP contribution < -0.4 is 11.1 Å². The van der Waals surface area contributed by atoms with Gasteiger partial charge in [-0.05, 0) is 36.2 Å². The lowest BCUT2D eigenvalue weighted by Crippen LogP contribution is -2.11. The first-order chi connectivity index (χ1) is 11.1. The van der Waals surface area contributed by atoms with E-state index in [1.807, 2.05) is 18.2 Å². The van der Waals surface area contributed by atoms with Gasteiger partial charge >= 0.3 is 0 Å². The number of furan rings is 1. The van der Waals surface area contributed by atoms with Crippen molar-refractivity contribution in [3.63, 3.8) is 0 Å². The molecule has 0 bridgehead atoms. The van der Waals surface area contributed by atoms with Crippen molar-refractivity contribution in [2.45, 2.75) is 26.9 Å². The smallest absolute Gasteiger partial charge is 0.258 e. The van der Waals surface area contributed by atoms with Gasteiger partial charge < -0.3 is 20.0 Å². The van der Waals surface area contributed by atoms with Crippen LogP contribution in [0.5, 0.6) is 0 Å². The van der Waals surface area contributed by atoms with Crippen molar-refractivity contribution in [2.24, 2.45) is 11.7 Å². The standard InChI is InChI=1S/C18H21N3O2.2ClH/c1-12(2)10-21-6-5-13-7-15(3-4-17(13)21)20-18(22)14-8-16(9-19)23-11-14;;/h3-8,11-12H,9-10,19H2,1-2H3,(H,20,22);2*1H. The number of aromatic nitrogens is 1. The van der Waals surface area contributed by atoms with E-state index in [-0.39, 0.29) is 37.3 Å². The molecule has 2 aromatic heterocycles. The summed E-state index contributed by atoms with van der Waals surface area (Å²) in [5, 5.41) is 4.00. The number of amides is 1. The highest BCUT2D eigenvalue weighted by Gasteiger charge is 2.11. The van der Waals surface area contributed by atoms with Crippen LogP contribution in [-0.4, -0.2) is 10.5 Å². The molecule has 25 heavy (non-hydrogen) atoms. The van der Waals surface area contributed by atoms with Crippen LogP contribution in [0.1, 0.15) is 30.0 Å². The summed E-state index contributed by atoms with van der Waals surface area (Å²) in [5.74, 6) is 0.980. The monoisotopic (exact) mass is 383 g/mol. The lowest BCUT2D eigenvalue weighted by molar-refractivity contribution is 0.102. The van der Waals surface area contributed by atoms with E-state index < -0.39 is 0 Å². The van der Waals surface area contributed by atoms with E-state index in [1.165, 1.54) is 11.8 Å². The normalized spacial score (nSPS) is 10.4. The fourth-order valence-electron chi connectivity index (χ4n) is 2.64. The van der Waals surface area contributed by atoms with E-state index in [0.29, 0.717) is 17.2 Å². The average Bonchev–Trinajstić information content (AvgIpc) is 3.14. The van der Waals surface area contributed by atoms with E-state index in [0.717, 1.165) is 17.6 Å². The van der Waals surface area contributed by atoms with Crippen LogP contribution in [0, 0.1) is 5.92 Å². The van der Waals surface area contributed by atoms with Crippen LogP contribution in [-0.2, 0) is 13.1 Å². The second-order valence-corrected chi connectivity index (χ2v) is 6.10. The number of anilines is 1. The predicted molar refractivity (Wildman–Crippen MR) is 106 cm³/mol. The maximum atomic E-state index is 12.2. The van der Waals surface area contributed by atoms with Crippen LogP contribution in [0.2, 0.25) is 0 Å². The van der Waals surface area contributed by atoms with E-state index in [1.54, 1.807) is 6.07 Å². The lowest BCUT2D eigenvalue weighted by Gasteiger charge is -2.09. The Labute approximate surface area is 159 Å². The van der Waals surface area contributed by atoms with Gasteiger partial charge in [0.2, 0.25) is 0 Å². The summed E-state index contributed by atoms with van der Waals surface area (Å²) in [6, 6.07) is 9.66. The highest BCUT2D eigenvalue weighted by Crippen LogP contribution is 2.22. The Bertz CT molecular complexity index is 840. The molecule has 0 saturated heterocycles. The van der Waals surface area contributed by atoms with E-state index in [4.69, 9.17) is 10.2 Å². The molecule has 0 spiro atoms. The molecule has 3 aromatic rings. The van der Waals surface area contributed by atoms with Gasteiger partial charge in [0.05, 0.1) is 12.1 Å². The van der Waals surface area contributed by atoms with Gasteiger partial charge in [-0.25, -0.2) is 0 Å². The fourth-order valence-corrected chi connectivity index (χ4v) is 2.64. The summed E-state index contributed by atoms with van der Waals surface area (Å²) in [5.41, 5.74) is 7.90. The number of carbonyl (C=O) groups excluding carboxylic acids is 1. The third kappa shape index (κ3) is 4.78. The molecule has 5 nitrogen and oxygen atoms in total. The molecule has 2 heterocycles. The van der Waals surface area contributed by atoms with Gasteiger partial charge in [0.15, 0.2) is 0 Å². The largest absolute Gasteiger partial charge is 0.467 e. The number of benzene rings is 1. The zero-order valence-corrected chi connectivity index (χ0v) is 15.8. The highest BCUT2D eigenvalue weighted by atomic mass is 35.5. The molecular formula is C18H23Cl2N3O2. The van der Waals surface area contributed by atoms with Crippen LogP contribution in [0.15, 0.2) is 47.2 Å². The van der Waals surface area contributed by atoms with Crippen LogP contribution >= 0.6 is 24.8 Å². The summed E-state index contributed by atoms with van der Waals surface area (Å²) in [4.78, 5) is 12.2. The van der Waals surface area contributed by atoms with Gasteiger partial charge in [-0.1, -0.05) is 13.8 Å². The molecule has 1 aromatic carbocycles. The Morgan fingerprint density at radius 3 is 2.64 bits per heavy atom. The first-order valence-electron chi connectivity index (χ1n) is 7.74. The number of rotatable bonds is 5. The van der Waals surface area contributed by atoms with Crippen molar-refractivity contribution in [3.05, 3.63) is 54.1 Å². The average molecular weight is 384 g/mol. The summed E-state index contributed by atoms with van der Waals surface area (Å²) >= 11 is 0. The van der Waals surface area contributed by atoms with Gasteiger partial charge in [0.25, 0.3) is 5.91 Å². The highest BCUT2D eigenvalue weighted by molar-refractivity contribution is 6.05. The van der Waals surface area contributed by atoms with Crippen LogP contribution in [0.3, 0.4) is 0 Å². The van der Waals surface area contributed by atoms with Crippen molar-refractivity contribution in [1.29, 1.82) is 0 Å². The molecule has 0 unspecified atom stereocenters. The van der Waals surface area contributed by atoms with E-state index >= 15 is 0 Å². The molecule has 0 aliphatic heterocycles. The minimum atomic E-state index is -0.200. The third-order valence-corrected chi connectivity index (χ3v) is 3.71. The van der Waals surface area contributed by atoms with Gasteiger partial charge in [-0.3, -0.25) is 4.79 Å². The van der Waals surface area contributed by atoms with Gasteiger partial charge in [-0.2, -0.15) is 0 Å². The predicted octanol–water partition coefficient (Wildman–Crippen LogP) is 4.44. The maximum Gasteiger partial charge on any atom is 0.258 e. The number of nitrogens with one attached hydrogen (secondary N) is 1. The topological polar surface area (TPSA) is 73.2 Å². The minimum Gasteiger partial charge on any atom is -0.467 e. The lowest BCUT2D eigenvalue weighted by atomic mass is 10.2. The van der Waals surface area contributed by atoms with Gasteiger partial charge in [0, 0.05) is 29.3 Å². The summed E-state index contributed by atoms with van der Waals surface area (Å²) in [6.07, 6.45) is 3.51. The van der Waals surface area contributed by atoms with Gasteiger partial charge in [-0.15, -0.1) is 24.8 Å². The van der Waals surface area contributed by atoms with Crippen LogP contribution in [0.25, 0.3) is 10.9 Å². The van der Waals surface area contributed by atoms with Crippen molar-refractivity contribution < 1.29 is 9.21 Å². The quantitative estimate of drug-likeness (QED) is 0.683. The number of halogens is 2. The molecule has 0 saturated carbocycles. The molecule has 136 valence electrons. The molecule has 0 atom stereocenters. The molecule has 3 rings (SSSR count).